The van der Waals surface area contributed by atoms with Crippen LogP contribution in [0, 0.1) is 5.82 Å². The van der Waals surface area contributed by atoms with E-state index in [-0.39, 0.29) is 11.7 Å². The maximum absolute atomic E-state index is 13.2. The van der Waals surface area contributed by atoms with Crippen LogP contribution in [0.2, 0.25) is 5.02 Å². The average Bonchev–Trinajstić information content (AvgIpc) is 3.21. The number of thiocarbonyl (C=S) groups is 1. The quantitative estimate of drug-likeness (QED) is 0.679. The molecule has 1 saturated carbocycles. The van der Waals surface area contributed by atoms with Gasteiger partial charge in [0.1, 0.15) is 22.2 Å². The van der Waals surface area contributed by atoms with E-state index in [1.54, 1.807) is 17.0 Å². The van der Waals surface area contributed by atoms with E-state index in [1.807, 2.05) is 12.1 Å². The van der Waals surface area contributed by atoms with Gasteiger partial charge in [-0.2, -0.15) is 0 Å². The summed E-state index contributed by atoms with van der Waals surface area (Å²) >= 11 is 11.6. The molecule has 0 aromatic heterocycles. The van der Waals surface area contributed by atoms with E-state index >= 15 is 0 Å². The number of amides is 1. The Morgan fingerprint density at radius 2 is 1.69 bits per heavy atom. The maximum Gasteiger partial charge on any atom is 0.260 e. The third-order valence-electron chi connectivity index (χ3n) is 4.96. The number of halogens is 2. The largest absolute Gasteiger partial charge is 0.271 e. The highest BCUT2D eigenvalue weighted by molar-refractivity contribution is 7.82. The molecule has 0 saturated heterocycles. The number of carbonyl (C=O) groups excluding carboxylic acids is 1. The van der Waals surface area contributed by atoms with Crippen LogP contribution >= 0.6 is 23.8 Å². The monoisotopic (exact) mass is 386 g/mol. The molecule has 1 aliphatic carbocycles. The number of hydrogen-bond acceptors (Lipinski definition) is 3. The van der Waals surface area contributed by atoms with Crippen molar-refractivity contribution in [3.63, 3.8) is 0 Å². The molecule has 0 radical (unpaired) electrons. The zero-order chi connectivity index (χ0) is 18.3. The predicted molar refractivity (Wildman–Crippen MR) is 104 cm³/mol. The summed E-state index contributed by atoms with van der Waals surface area (Å²) in [7, 11) is 0. The summed E-state index contributed by atoms with van der Waals surface area (Å²) in [5.41, 5.74) is 1.28. The standard InChI is InChI=1S/C20H16ClFN2OS/c21-15-7-3-13(4-8-15)17-19(26)24(20(23-17)11-1-2-12-20)18(25)14-5-9-16(22)10-6-14/h3-10H,1-2,11-12H2. The fourth-order valence-electron chi connectivity index (χ4n) is 3.68. The van der Waals surface area contributed by atoms with Crippen molar-refractivity contribution in [1.29, 1.82) is 0 Å². The van der Waals surface area contributed by atoms with Crippen molar-refractivity contribution < 1.29 is 9.18 Å². The number of nitrogens with zero attached hydrogens (tertiary/aromatic N) is 2. The SMILES string of the molecule is O=C(c1ccc(F)cc1)N1C(=S)C(c2ccc(Cl)cc2)=NC12CCCC2. The van der Waals surface area contributed by atoms with Crippen LogP contribution in [-0.2, 0) is 0 Å². The molecule has 0 bridgehead atoms. The van der Waals surface area contributed by atoms with Gasteiger partial charge in [-0.25, -0.2) is 4.39 Å². The van der Waals surface area contributed by atoms with E-state index in [2.05, 4.69) is 0 Å². The van der Waals surface area contributed by atoms with Gasteiger partial charge >= 0.3 is 0 Å². The molecule has 2 aromatic carbocycles. The summed E-state index contributed by atoms with van der Waals surface area (Å²) in [5, 5.41) is 0.632. The van der Waals surface area contributed by atoms with Crippen LogP contribution in [0.4, 0.5) is 4.39 Å². The molecule has 6 heteroatoms. The fraction of sp³-hybridized carbons (Fsp3) is 0.250. The van der Waals surface area contributed by atoms with Crippen molar-refractivity contribution >= 4 is 40.4 Å². The molecule has 1 aliphatic heterocycles. The third-order valence-corrected chi connectivity index (χ3v) is 5.59. The predicted octanol–water partition coefficient (Wildman–Crippen LogP) is 5.02. The van der Waals surface area contributed by atoms with Gasteiger partial charge in [0.2, 0.25) is 0 Å². The lowest BCUT2D eigenvalue weighted by Crippen LogP contribution is -2.48. The Balaban J connectivity index is 1.75. The second-order valence-electron chi connectivity index (χ2n) is 6.61. The van der Waals surface area contributed by atoms with Gasteiger partial charge in [-0.3, -0.25) is 14.7 Å². The molecule has 26 heavy (non-hydrogen) atoms. The van der Waals surface area contributed by atoms with E-state index in [0.29, 0.717) is 21.3 Å². The van der Waals surface area contributed by atoms with Crippen LogP contribution in [0.1, 0.15) is 41.6 Å². The van der Waals surface area contributed by atoms with E-state index in [0.717, 1.165) is 31.2 Å². The maximum atomic E-state index is 13.2. The normalized spacial score (nSPS) is 18.5. The first-order valence-electron chi connectivity index (χ1n) is 8.50. The molecule has 4 rings (SSSR count). The molecule has 0 N–H and O–H groups in total. The topological polar surface area (TPSA) is 32.7 Å². The molecule has 1 amide bonds. The minimum atomic E-state index is -0.627. The number of hydrogen-bond donors (Lipinski definition) is 0. The van der Waals surface area contributed by atoms with Crippen molar-refractivity contribution in [2.24, 2.45) is 4.99 Å². The lowest BCUT2D eigenvalue weighted by molar-refractivity contribution is 0.0724. The minimum Gasteiger partial charge on any atom is -0.271 e. The van der Waals surface area contributed by atoms with Crippen LogP contribution in [0.15, 0.2) is 53.5 Å². The molecule has 132 valence electrons. The Hall–Kier alpha value is -2.11. The molecule has 1 fully saturated rings. The fourth-order valence-corrected chi connectivity index (χ4v) is 4.22. The first-order valence-corrected chi connectivity index (χ1v) is 9.29. The molecule has 2 aliphatic rings. The Kier molecular flexibility index (Phi) is 4.37. The van der Waals surface area contributed by atoms with Gasteiger partial charge in [-0.15, -0.1) is 0 Å². The zero-order valence-electron chi connectivity index (χ0n) is 13.9. The average molecular weight is 387 g/mol. The Bertz CT molecular complexity index is 902. The summed E-state index contributed by atoms with van der Waals surface area (Å²) in [6.45, 7) is 0. The van der Waals surface area contributed by atoms with Crippen molar-refractivity contribution in [2.75, 3.05) is 0 Å². The molecular formula is C20H16ClFN2OS. The Labute approximate surface area is 161 Å². The van der Waals surface area contributed by atoms with Gasteiger partial charge in [-0.1, -0.05) is 36.0 Å². The molecular weight excluding hydrogens is 371 g/mol. The van der Waals surface area contributed by atoms with Crippen molar-refractivity contribution in [1.82, 2.24) is 4.90 Å². The molecule has 0 unspecified atom stereocenters. The Morgan fingerprint density at radius 3 is 2.31 bits per heavy atom. The van der Waals surface area contributed by atoms with Crippen molar-refractivity contribution in [3.05, 3.63) is 70.5 Å². The highest BCUT2D eigenvalue weighted by Crippen LogP contribution is 2.42. The minimum absolute atomic E-state index is 0.232. The van der Waals surface area contributed by atoms with Gasteiger partial charge in [0.15, 0.2) is 0 Å². The van der Waals surface area contributed by atoms with Gasteiger partial charge in [-0.05, 0) is 62.1 Å². The Morgan fingerprint density at radius 1 is 1.08 bits per heavy atom. The van der Waals surface area contributed by atoms with E-state index in [4.69, 9.17) is 28.8 Å². The summed E-state index contributed by atoms with van der Waals surface area (Å²) in [6.07, 6.45) is 3.54. The molecule has 1 spiro atoms. The van der Waals surface area contributed by atoms with Crippen LogP contribution in [0.5, 0.6) is 0 Å². The van der Waals surface area contributed by atoms with Crippen molar-refractivity contribution in [3.8, 4) is 0 Å². The van der Waals surface area contributed by atoms with E-state index in [1.165, 1.54) is 24.3 Å². The van der Waals surface area contributed by atoms with Crippen LogP contribution < -0.4 is 0 Å². The first-order chi connectivity index (χ1) is 12.5. The molecule has 1 heterocycles. The van der Waals surface area contributed by atoms with E-state index in [9.17, 15) is 9.18 Å². The van der Waals surface area contributed by atoms with Crippen LogP contribution in [0.25, 0.3) is 0 Å². The molecule has 2 aromatic rings. The smallest absolute Gasteiger partial charge is 0.260 e. The molecule has 3 nitrogen and oxygen atoms in total. The third kappa shape index (κ3) is 2.85. The van der Waals surface area contributed by atoms with Gasteiger partial charge in [0, 0.05) is 16.1 Å². The summed E-state index contributed by atoms with van der Waals surface area (Å²) in [6, 6.07) is 12.8. The lowest BCUT2D eigenvalue weighted by atomic mass is 10.1. The number of carbonyl (C=O) groups is 1. The highest BCUT2D eigenvalue weighted by Gasteiger charge is 2.50. The highest BCUT2D eigenvalue weighted by atomic mass is 35.5. The summed E-state index contributed by atoms with van der Waals surface area (Å²) in [4.78, 5) is 20.1. The number of aliphatic imine (C=N–C) groups is 1. The van der Waals surface area contributed by atoms with Gasteiger partial charge in [0.25, 0.3) is 5.91 Å². The second kappa shape index (κ2) is 6.56. The summed E-state index contributed by atoms with van der Waals surface area (Å²) in [5.74, 6) is -0.608. The second-order valence-corrected chi connectivity index (χ2v) is 7.43. The van der Waals surface area contributed by atoms with Gasteiger partial charge < -0.3 is 0 Å². The van der Waals surface area contributed by atoms with Crippen LogP contribution in [-0.4, -0.2) is 27.2 Å². The van der Waals surface area contributed by atoms with E-state index < -0.39 is 5.66 Å². The number of rotatable bonds is 2. The van der Waals surface area contributed by atoms with Crippen LogP contribution in [0.3, 0.4) is 0 Å². The molecule has 0 atom stereocenters. The first kappa shape index (κ1) is 17.3. The zero-order valence-corrected chi connectivity index (χ0v) is 15.5. The van der Waals surface area contributed by atoms with Gasteiger partial charge in [0.05, 0.1) is 0 Å². The van der Waals surface area contributed by atoms with Crippen molar-refractivity contribution in [2.45, 2.75) is 31.3 Å². The number of benzene rings is 2. The summed E-state index contributed by atoms with van der Waals surface area (Å²) < 4.78 is 13.2. The lowest BCUT2D eigenvalue weighted by Gasteiger charge is -2.32.